The lowest BCUT2D eigenvalue weighted by molar-refractivity contribution is 0.280. The molecule has 0 radical (unpaired) electrons. The molecule has 0 aliphatic rings. The maximum Gasteiger partial charge on any atom is 0.165 e. The van der Waals surface area contributed by atoms with Gasteiger partial charge in [0.25, 0.3) is 0 Å². The number of aromatic nitrogens is 3. The monoisotopic (exact) mass is 387 g/mol. The zero-order chi connectivity index (χ0) is 13.8. The van der Waals surface area contributed by atoms with Crippen LogP contribution in [0, 0.1) is 0 Å². The largest absolute Gasteiger partial charge is 0.485 e. The van der Waals surface area contributed by atoms with E-state index in [0.717, 1.165) is 26.9 Å². The summed E-state index contributed by atoms with van der Waals surface area (Å²) in [4.78, 5) is 4.23. The van der Waals surface area contributed by atoms with E-state index in [0.29, 0.717) is 6.61 Å². The third-order valence-electron chi connectivity index (χ3n) is 2.66. The van der Waals surface area contributed by atoms with Crippen LogP contribution in [-0.2, 0) is 11.9 Å². The predicted octanol–water partition coefficient (Wildman–Crippen LogP) is 4.10. The molecule has 0 aliphatic carbocycles. The molecule has 19 heavy (non-hydrogen) atoms. The summed E-state index contributed by atoms with van der Waals surface area (Å²) in [5.74, 6) is 1.69. The molecule has 2 aromatic rings. The van der Waals surface area contributed by atoms with E-state index in [9.17, 15) is 0 Å². The van der Waals surface area contributed by atoms with Gasteiger partial charge < -0.3 is 4.74 Å². The van der Waals surface area contributed by atoms with Crippen LogP contribution >= 0.6 is 31.9 Å². The number of hydrogen-bond donors (Lipinski definition) is 0. The van der Waals surface area contributed by atoms with Crippen molar-refractivity contribution < 1.29 is 4.74 Å². The van der Waals surface area contributed by atoms with Crippen molar-refractivity contribution in [2.75, 3.05) is 0 Å². The van der Waals surface area contributed by atoms with Gasteiger partial charge in [0.1, 0.15) is 18.7 Å². The van der Waals surface area contributed by atoms with Crippen molar-refractivity contribution in [1.29, 1.82) is 0 Å². The average molecular weight is 389 g/mol. The number of alkyl halides is 1. The SMILES string of the molecule is CC(C)n1ncnc1COc1ccc(Br)cc1CBr. The molecule has 102 valence electrons. The number of ether oxygens (including phenoxy) is 1. The highest BCUT2D eigenvalue weighted by Gasteiger charge is 2.10. The number of hydrogen-bond acceptors (Lipinski definition) is 3. The van der Waals surface area contributed by atoms with E-state index in [1.807, 2.05) is 22.9 Å². The number of halogens is 2. The molecule has 0 N–H and O–H groups in total. The van der Waals surface area contributed by atoms with E-state index < -0.39 is 0 Å². The molecule has 2 rings (SSSR count). The molecule has 6 heteroatoms. The Morgan fingerprint density at radius 1 is 1.37 bits per heavy atom. The topological polar surface area (TPSA) is 39.9 Å². The summed E-state index contributed by atoms with van der Waals surface area (Å²) >= 11 is 6.92. The lowest BCUT2D eigenvalue weighted by atomic mass is 10.2. The van der Waals surface area contributed by atoms with Gasteiger partial charge >= 0.3 is 0 Å². The Balaban J connectivity index is 2.12. The Labute approximate surface area is 129 Å². The quantitative estimate of drug-likeness (QED) is 0.724. The van der Waals surface area contributed by atoms with E-state index in [1.165, 1.54) is 0 Å². The average Bonchev–Trinajstić information content (AvgIpc) is 2.85. The summed E-state index contributed by atoms with van der Waals surface area (Å²) in [5.41, 5.74) is 1.10. The lowest BCUT2D eigenvalue weighted by Gasteiger charge is -2.12. The number of rotatable bonds is 5. The fourth-order valence-corrected chi connectivity index (χ4v) is 2.59. The smallest absolute Gasteiger partial charge is 0.165 e. The lowest BCUT2D eigenvalue weighted by Crippen LogP contribution is -2.11. The van der Waals surface area contributed by atoms with Gasteiger partial charge in [0.2, 0.25) is 0 Å². The molecular weight excluding hydrogens is 374 g/mol. The van der Waals surface area contributed by atoms with Crippen molar-refractivity contribution in [3.05, 3.63) is 40.4 Å². The Morgan fingerprint density at radius 3 is 2.84 bits per heavy atom. The Bertz CT molecular complexity index is 555. The Hall–Kier alpha value is -0.880. The molecule has 4 nitrogen and oxygen atoms in total. The standard InChI is InChI=1S/C13H15Br2N3O/c1-9(2)18-13(16-8-17-18)7-19-12-4-3-11(15)5-10(12)6-14/h3-5,8-9H,6-7H2,1-2H3. The van der Waals surface area contributed by atoms with Crippen LogP contribution < -0.4 is 4.74 Å². The first-order chi connectivity index (χ1) is 9.11. The first-order valence-corrected chi connectivity index (χ1v) is 7.89. The van der Waals surface area contributed by atoms with E-state index in [-0.39, 0.29) is 6.04 Å². The minimum Gasteiger partial charge on any atom is -0.485 e. The van der Waals surface area contributed by atoms with Gasteiger partial charge in [-0.05, 0) is 32.0 Å². The molecule has 0 amide bonds. The van der Waals surface area contributed by atoms with Crippen LogP contribution in [0.1, 0.15) is 31.3 Å². The summed E-state index contributed by atoms with van der Waals surface area (Å²) in [5, 5.41) is 4.94. The van der Waals surface area contributed by atoms with Crippen molar-refractivity contribution in [2.45, 2.75) is 31.8 Å². The molecule has 0 unspecified atom stereocenters. The van der Waals surface area contributed by atoms with E-state index >= 15 is 0 Å². The summed E-state index contributed by atoms with van der Waals surface area (Å²) in [6, 6.07) is 6.24. The minimum absolute atomic E-state index is 0.279. The first-order valence-electron chi connectivity index (χ1n) is 5.97. The Kier molecular flexibility index (Phi) is 4.99. The van der Waals surface area contributed by atoms with Gasteiger partial charge in [0.15, 0.2) is 5.82 Å². The molecule has 1 heterocycles. The molecule has 0 atom stereocenters. The van der Waals surface area contributed by atoms with Gasteiger partial charge in [0.05, 0.1) is 0 Å². The molecule has 0 fully saturated rings. The molecule has 0 saturated carbocycles. The Morgan fingerprint density at radius 2 is 2.16 bits per heavy atom. The van der Waals surface area contributed by atoms with Gasteiger partial charge in [-0.25, -0.2) is 9.67 Å². The van der Waals surface area contributed by atoms with Crippen LogP contribution in [0.25, 0.3) is 0 Å². The highest BCUT2D eigenvalue weighted by molar-refractivity contribution is 9.10. The molecule has 0 saturated heterocycles. The summed E-state index contributed by atoms with van der Waals surface area (Å²) in [6.07, 6.45) is 1.56. The van der Waals surface area contributed by atoms with Crippen LogP contribution in [0.5, 0.6) is 5.75 Å². The van der Waals surface area contributed by atoms with Gasteiger partial charge in [-0.3, -0.25) is 0 Å². The fraction of sp³-hybridized carbons (Fsp3) is 0.385. The van der Waals surface area contributed by atoms with Crippen molar-refractivity contribution in [1.82, 2.24) is 14.8 Å². The predicted molar refractivity (Wildman–Crippen MR) is 81.5 cm³/mol. The third-order valence-corrected chi connectivity index (χ3v) is 3.76. The maximum absolute atomic E-state index is 5.84. The summed E-state index contributed by atoms with van der Waals surface area (Å²) in [7, 11) is 0. The normalized spacial score (nSPS) is 11.0. The molecular formula is C13H15Br2N3O. The highest BCUT2D eigenvalue weighted by atomic mass is 79.9. The maximum atomic E-state index is 5.84. The zero-order valence-corrected chi connectivity index (χ0v) is 14.0. The third kappa shape index (κ3) is 3.57. The van der Waals surface area contributed by atoms with Crippen molar-refractivity contribution in [3.63, 3.8) is 0 Å². The van der Waals surface area contributed by atoms with E-state index in [4.69, 9.17) is 4.74 Å². The second-order valence-electron chi connectivity index (χ2n) is 4.39. The molecule has 0 bridgehead atoms. The van der Waals surface area contributed by atoms with Crippen molar-refractivity contribution in [2.24, 2.45) is 0 Å². The van der Waals surface area contributed by atoms with Crippen molar-refractivity contribution in [3.8, 4) is 5.75 Å². The van der Waals surface area contributed by atoms with E-state index in [2.05, 4.69) is 55.8 Å². The van der Waals surface area contributed by atoms with Crippen molar-refractivity contribution >= 4 is 31.9 Å². The molecule has 1 aromatic heterocycles. The highest BCUT2D eigenvalue weighted by Crippen LogP contribution is 2.26. The van der Waals surface area contributed by atoms with Gasteiger partial charge in [0, 0.05) is 21.4 Å². The van der Waals surface area contributed by atoms with Gasteiger partial charge in [-0.15, -0.1) is 0 Å². The van der Waals surface area contributed by atoms with Crippen LogP contribution in [0.3, 0.4) is 0 Å². The summed E-state index contributed by atoms with van der Waals surface area (Å²) < 4.78 is 8.75. The van der Waals surface area contributed by atoms with Crippen LogP contribution in [0.15, 0.2) is 29.0 Å². The van der Waals surface area contributed by atoms with Crippen LogP contribution in [0.2, 0.25) is 0 Å². The summed E-state index contributed by atoms with van der Waals surface area (Å²) in [6.45, 7) is 4.56. The molecule has 0 spiro atoms. The van der Waals surface area contributed by atoms with Crippen LogP contribution in [0.4, 0.5) is 0 Å². The first kappa shape index (κ1) is 14.5. The number of nitrogens with zero attached hydrogens (tertiary/aromatic N) is 3. The van der Waals surface area contributed by atoms with Gasteiger partial charge in [-0.2, -0.15) is 5.10 Å². The van der Waals surface area contributed by atoms with Gasteiger partial charge in [-0.1, -0.05) is 31.9 Å². The second-order valence-corrected chi connectivity index (χ2v) is 5.87. The molecule has 1 aromatic carbocycles. The fourth-order valence-electron chi connectivity index (χ4n) is 1.74. The zero-order valence-electron chi connectivity index (χ0n) is 10.8. The van der Waals surface area contributed by atoms with E-state index in [1.54, 1.807) is 6.33 Å². The minimum atomic E-state index is 0.279. The number of benzene rings is 1. The molecule has 0 aliphatic heterocycles. The second kappa shape index (κ2) is 6.52. The van der Waals surface area contributed by atoms with Crippen LogP contribution in [-0.4, -0.2) is 14.8 Å².